The van der Waals surface area contributed by atoms with Gasteiger partial charge in [0, 0.05) is 25.2 Å². The molecular formula is C43H35FN2O5. The van der Waals surface area contributed by atoms with Crippen LogP contribution in [0, 0.1) is 5.82 Å². The van der Waals surface area contributed by atoms with Gasteiger partial charge in [-0.25, -0.2) is 9.18 Å². The minimum atomic E-state index is -1.53. The first-order valence-electron chi connectivity index (χ1n) is 16.5. The van der Waals surface area contributed by atoms with Crippen LogP contribution in [-0.2, 0) is 29.1 Å². The number of nitrogens with zero attached hydrogens (tertiary/aromatic N) is 1. The summed E-state index contributed by atoms with van der Waals surface area (Å²) in [4.78, 5) is 38.4. The minimum Gasteiger partial charge on any atom is -0.474 e. The summed E-state index contributed by atoms with van der Waals surface area (Å²) in [6.45, 7) is 0.667. The number of nitrogens with one attached hydrogen (secondary N) is 1. The molecule has 0 aliphatic carbocycles. The average Bonchev–Trinajstić information content (AvgIpc) is 3.16. The number of carbonyl (C=O) groups excluding carboxylic acids is 2. The molecule has 6 aromatic rings. The lowest BCUT2D eigenvalue weighted by molar-refractivity contribution is -0.156. The molecule has 0 aromatic heterocycles. The zero-order chi connectivity index (χ0) is 35.6. The van der Waals surface area contributed by atoms with Crippen molar-refractivity contribution in [1.82, 2.24) is 10.2 Å². The monoisotopic (exact) mass is 678 g/mol. The number of carboxylic acid groups (broad SMARTS) is 1. The summed E-state index contributed by atoms with van der Waals surface area (Å²) in [5.74, 6) is -1.51. The second-order valence-corrected chi connectivity index (χ2v) is 12.0. The number of hydrogen-bond donors (Lipinski definition) is 2. The number of carboxylic acids is 1. The van der Waals surface area contributed by atoms with Gasteiger partial charge in [-0.1, -0.05) is 97.1 Å². The van der Waals surface area contributed by atoms with Gasteiger partial charge in [0.15, 0.2) is 0 Å². The van der Waals surface area contributed by atoms with E-state index in [1.165, 1.54) is 17.0 Å². The summed E-state index contributed by atoms with van der Waals surface area (Å²) < 4.78 is 19.2. The van der Waals surface area contributed by atoms with Crippen molar-refractivity contribution in [3.8, 4) is 33.8 Å². The highest BCUT2D eigenvalue weighted by atomic mass is 19.1. The van der Waals surface area contributed by atoms with Gasteiger partial charge in [-0.05, 0) is 100.0 Å². The van der Waals surface area contributed by atoms with Crippen molar-refractivity contribution in [2.45, 2.75) is 19.5 Å². The Bertz CT molecular complexity index is 2100. The third-order valence-corrected chi connectivity index (χ3v) is 8.36. The molecule has 0 bridgehead atoms. The van der Waals surface area contributed by atoms with Crippen LogP contribution in [0.3, 0.4) is 0 Å². The van der Waals surface area contributed by atoms with Crippen LogP contribution in [-0.4, -0.2) is 34.3 Å². The number of amides is 2. The van der Waals surface area contributed by atoms with Gasteiger partial charge in [0.25, 0.3) is 5.91 Å². The van der Waals surface area contributed by atoms with E-state index in [1.807, 2.05) is 115 Å². The molecule has 0 saturated heterocycles. The second kappa shape index (κ2) is 16.2. The quantitative estimate of drug-likeness (QED) is 0.127. The smallest absolute Gasteiger partial charge is 0.394 e. The number of benzene rings is 6. The van der Waals surface area contributed by atoms with Crippen LogP contribution in [0.5, 0.6) is 11.5 Å². The number of aliphatic carboxylic acids is 1. The van der Waals surface area contributed by atoms with E-state index in [2.05, 4.69) is 5.32 Å². The average molecular weight is 679 g/mol. The highest BCUT2D eigenvalue weighted by Gasteiger charge is 2.22. The lowest BCUT2D eigenvalue weighted by atomic mass is 10.0. The number of rotatable bonds is 12. The first-order valence-corrected chi connectivity index (χ1v) is 16.5. The Morgan fingerprint density at radius 3 is 1.82 bits per heavy atom. The summed E-state index contributed by atoms with van der Waals surface area (Å²) in [7, 11) is 0. The summed E-state index contributed by atoms with van der Waals surface area (Å²) in [6.07, 6.45) is 0.680. The Kier molecular flexibility index (Phi) is 10.9. The molecule has 0 atom stereocenters. The van der Waals surface area contributed by atoms with Crippen LogP contribution < -0.4 is 10.1 Å². The standard InChI is InChI=1S/C43H35FN2O5/c44-38-21-19-35(20-22-38)37-6-4-5-32(27-37)29-46(42(48)43(49)50)28-31-9-13-33(14-10-31)34-15-17-36(18-16-34)41(47)45-26-25-30-11-23-40(24-12-30)51-39-7-2-1-3-8-39/h1-24,27H,25-26,28-29H2,(H,45,47)(H,49,50). The number of para-hydroxylation sites is 1. The number of ether oxygens (including phenoxy) is 1. The summed E-state index contributed by atoms with van der Waals surface area (Å²) >= 11 is 0. The lowest BCUT2D eigenvalue weighted by Gasteiger charge is -2.21. The normalized spacial score (nSPS) is 10.7. The molecule has 0 heterocycles. The minimum absolute atomic E-state index is 0.0848. The Balaban J connectivity index is 1.03. The van der Waals surface area contributed by atoms with Crippen LogP contribution in [0.4, 0.5) is 4.39 Å². The van der Waals surface area contributed by atoms with Gasteiger partial charge >= 0.3 is 11.9 Å². The van der Waals surface area contributed by atoms with Gasteiger partial charge in [0.2, 0.25) is 0 Å². The van der Waals surface area contributed by atoms with Crippen molar-refractivity contribution in [1.29, 1.82) is 0 Å². The first kappa shape index (κ1) is 34.3. The predicted octanol–water partition coefficient (Wildman–Crippen LogP) is 8.54. The molecular weight excluding hydrogens is 643 g/mol. The zero-order valence-electron chi connectivity index (χ0n) is 27.7. The summed E-state index contributed by atoms with van der Waals surface area (Å²) in [6, 6.07) is 45.7. The predicted molar refractivity (Wildman–Crippen MR) is 195 cm³/mol. The van der Waals surface area contributed by atoms with Gasteiger partial charge in [-0.15, -0.1) is 0 Å². The van der Waals surface area contributed by atoms with Crippen LogP contribution in [0.25, 0.3) is 22.3 Å². The fourth-order valence-corrected chi connectivity index (χ4v) is 5.65. The van der Waals surface area contributed by atoms with Crippen molar-refractivity contribution in [2.24, 2.45) is 0 Å². The van der Waals surface area contributed by atoms with E-state index in [1.54, 1.807) is 24.3 Å². The van der Waals surface area contributed by atoms with E-state index < -0.39 is 11.9 Å². The molecule has 2 N–H and O–H groups in total. The molecule has 6 rings (SSSR count). The molecule has 0 unspecified atom stereocenters. The maximum absolute atomic E-state index is 13.4. The van der Waals surface area contributed by atoms with Crippen LogP contribution >= 0.6 is 0 Å². The van der Waals surface area contributed by atoms with E-state index in [-0.39, 0.29) is 24.8 Å². The lowest BCUT2D eigenvalue weighted by Crippen LogP contribution is -2.35. The zero-order valence-corrected chi connectivity index (χ0v) is 27.7. The van der Waals surface area contributed by atoms with E-state index in [9.17, 15) is 23.9 Å². The van der Waals surface area contributed by atoms with Crippen molar-refractivity contribution in [2.75, 3.05) is 6.54 Å². The maximum atomic E-state index is 13.4. The van der Waals surface area contributed by atoms with Crippen molar-refractivity contribution >= 4 is 17.8 Å². The first-order chi connectivity index (χ1) is 24.8. The molecule has 0 aliphatic rings. The SMILES string of the molecule is O=C(O)C(=O)N(Cc1ccc(-c2ccc(C(=O)NCCc3ccc(Oc4ccccc4)cc3)cc2)cc1)Cc1cccc(-c2ccc(F)cc2)c1. The number of halogens is 1. The second-order valence-electron chi connectivity index (χ2n) is 12.0. The van der Waals surface area contributed by atoms with Gasteiger partial charge in [-0.2, -0.15) is 0 Å². The fourth-order valence-electron chi connectivity index (χ4n) is 5.65. The Labute approximate surface area is 295 Å². The molecule has 8 heteroatoms. The highest BCUT2D eigenvalue weighted by Crippen LogP contribution is 2.25. The van der Waals surface area contributed by atoms with Crippen molar-refractivity contribution in [3.05, 3.63) is 180 Å². The van der Waals surface area contributed by atoms with Crippen LogP contribution in [0.2, 0.25) is 0 Å². The largest absolute Gasteiger partial charge is 0.474 e. The molecule has 2 amide bonds. The van der Waals surface area contributed by atoms with Gasteiger partial charge in [0.05, 0.1) is 0 Å². The van der Waals surface area contributed by atoms with Gasteiger partial charge < -0.3 is 20.1 Å². The Morgan fingerprint density at radius 1 is 0.588 bits per heavy atom. The molecule has 0 spiro atoms. The van der Waals surface area contributed by atoms with Crippen molar-refractivity contribution in [3.63, 3.8) is 0 Å². The molecule has 0 fully saturated rings. The van der Waals surface area contributed by atoms with Crippen LogP contribution in [0.1, 0.15) is 27.0 Å². The topological polar surface area (TPSA) is 95.9 Å². The molecule has 0 saturated carbocycles. The Morgan fingerprint density at radius 2 is 1.16 bits per heavy atom. The van der Waals surface area contributed by atoms with E-state index in [0.717, 1.165) is 50.4 Å². The number of carbonyl (C=O) groups is 3. The van der Waals surface area contributed by atoms with E-state index >= 15 is 0 Å². The molecule has 0 aliphatic heterocycles. The van der Waals surface area contributed by atoms with Crippen LogP contribution in [0.15, 0.2) is 152 Å². The molecule has 0 radical (unpaired) electrons. The molecule has 6 aromatic carbocycles. The molecule has 7 nitrogen and oxygen atoms in total. The Hall–Kier alpha value is -6.54. The summed E-state index contributed by atoms with van der Waals surface area (Å²) in [5, 5.41) is 12.5. The van der Waals surface area contributed by atoms with E-state index in [0.29, 0.717) is 18.5 Å². The summed E-state index contributed by atoms with van der Waals surface area (Å²) in [5.41, 5.74) is 6.61. The highest BCUT2D eigenvalue weighted by molar-refractivity contribution is 6.31. The molecule has 51 heavy (non-hydrogen) atoms. The van der Waals surface area contributed by atoms with E-state index in [4.69, 9.17) is 4.74 Å². The fraction of sp³-hybridized carbons (Fsp3) is 0.0930. The number of hydrogen-bond acceptors (Lipinski definition) is 4. The van der Waals surface area contributed by atoms with Gasteiger partial charge in [-0.3, -0.25) is 9.59 Å². The third-order valence-electron chi connectivity index (χ3n) is 8.36. The maximum Gasteiger partial charge on any atom is 0.394 e. The molecule has 254 valence electrons. The third kappa shape index (κ3) is 9.33. The van der Waals surface area contributed by atoms with Crippen molar-refractivity contribution < 1.29 is 28.6 Å². The van der Waals surface area contributed by atoms with Gasteiger partial charge in [0.1, 0.15) is 17.3 Å².